The van der Waals surface area contributed by atoms with Crippen LogP contribution in [0.3, 0.4) is 0 Å². The van der Waals surface area contributed by atoms with Crippen molar-refractivity contribution in [3.8, 4) is 11.3 Å². The summed E-state index contributed by atoms with van der Waals surface area (Å²) >= 11 is 1.29. The van der Waals surface area contributed by atoms with Gasteiger partial charge in [-0.25, -0.2) is 19.2 Å². The molecule has 8 nitrogen and oxygen atoms in total. The first-order chi connectivity index (χ1) is 16.0. The molecule has 1 atom stereocenters. The number of nitrogens with zero attached hydrogens (tertiary/aromatic N) is 7. The molecule has 168 valence electrons. The number of nitrogens with two attached hydrogens (primary N) is 1. The van der Waals surface area contributed by atoms with Crippen LogP contribution >= 0.6 is 11.3 Å². The van der Waals surface area contributed by atoms with Crippen molar-refractivity contribution in [2.24, 2.45) is 5.73 Å². The first kappa shape index (κ1) is 21.3. The van der Waals surface area contributed by atoms with E-state index in [1.165, 1.54) is 23.5 Å². The van der Waals surface area contributed by atoms with E-state index in [-0.39, 0.29) is 11.9 Å². The molecule has 4 heterocycles. The number of thiazole rings is 1. The number of hydrogen-bond donors (Lipinski definition) is 1. The first-order valence-electron chi connectivity index (χ1n) is 10.8. The van der Waals surface area contributed by atoms with Gasteiger partial charge in [0, 0.05) is 26.2 Å². The van der Waals surface area contributed by atoms with Gasteiger partial charge in [0.1, 0.15) is 11.6 Å². The molecule has 10 heteroatoms. The normalized spacial score (nSPS) is 15.8. The number of halogens is 1. The Morgan fingerprint density at radius 2 is 2.03 bits per heavy atom. The number of anilines is 3. The monoisotopic (exact) mass is 462 g/mol. The van der Waals surface area contributed by atoms with E-state index in [2.05, 4.69) is 16.7 Å². The molecule has 0 unspecified atom stereocenters. The van der Waals surface area contributed by atoms with Gasteiger partial charge in [0.05, 0.1) is 18.0 Å². The Morgan fingerprint density at radius 1 is 1.24 bits per heavy atom. The third-order valence-electron chi connectivity index (χ3n) is 5.81. The van der Waals surface area contributed by atoms with Gasteiger partial charge in [-0.2, -0.15) is 4.52 Å². The highest BCUT2D eigenvalue weighted by molar-refractivity contribution is 7.20. The number of fused-ring (bicyclic) bond motifs is 1. The molecule has 0 amide bonds. The summed E-state index contributed by atoms with van der Waals surface area (Å²) in [5.74, 6) is 1.35. The van der Waals surface area contributed by atoms with Crippen molar-refractivity contribution in [2.45, 2.75) is 25.8 Å². The number of imidazole rings is 1. The fourth-order valence-electron chi connectivity index (χ4n) is 4.10. The molecule has 5 rings (SSSR count). The summed E-state index contributed by atoms with van der Waals surface area (Å²) in [6.07, 6.45) is 1.67. The standard InChI is InChI=1S/C23H23FN8S/c1-4-17-22(32-18(27-17)9-10-19(29-32)31-12-11-16(25)13-31)30(3)23-28-20(21(26-2)33-23)14-5-7-15(24)8-6-14/h5-10,16H,4,11-13,25H2,1,3H3/t16-/m0/s1. The van der Waals surface area contributed by atoms with Gasteiger partial charge >= 0.3 is 0 Å². The average molecular weight is 463 g/mol. The fourth-order valence-corrected chi connectivity index (χ4v) is 4.94. The summed E-state index contributed by atoms with van der Waals surface area (Å²) in [6.45, 7) is 11.3. The molecule has 33 heavy (non-hydrogen) atoms. The predicted molar refractivity (Wildman–Crippen MR) is 129 cm³/mol. The van der Waals surface area contributed by atoms with Crippen LogP contribution in [0.25, 0.3) is 21.7 Å². The van der Waals surface area contributed by atoms with Crippen molar-refractivity contribution in [1.29, 1.82) is 0 Å². The highest BCUT2D eigenvalue weighted by Crippen LogP contribution is 2.42. The first-order valence-corrected chi connectivity index (χ1v) is 11.6. The highest BCUT2D eigenvalue weighted by atomic mass is 32.1. The molecule has 0 aliphatic carbocycles. The maximum absolute atomic E-state index is 13.4. The van der Waals surface area contributed by atoms with Crippen molar-refractivity contribution in [3.05, 3.63) is 59.3 Å². The van der Waals surface area contributed by atoms with Crippen LogP contribution in [0.1, 0.15) is 19.0 Å². The summed E-state index contributed by atoms with van der Waals surface area (Å²) in [4.78, 5) is 17.3. The van der Waals surface area contributed by atoms with E-state index >= 15 is 0 Å². The fraction of sp³-hybridized carbons (Fsp3) is 0.304. The van der Waals surface area contributed by atoms with Gasteiger partial charge in [0.15, 0.2) is 16.6 Å². The zero-order chi connectivity index (χ0) is 23.1. The van der Waals surface area contributed by atoms with Crippen LogP contribution in [0.2, 0.25) is 0 Å². The molecule has 0 saturated carbocycles. The van der Waals surface area contributed by atoms with E-state index in [9.17, 15) is 4.39 Å². The molecule has 0 radical (unpaired) electrons. The number of aromatic nitrogens is 4. The van der Waals surface area contributed by atoms with Gasteiger partial charge in [-0.15, -0.1) is 16.4 Å². The Hall–Kier alpha value is -3.55. The summed E-state index contributed by atoms with van der Waals surface area (Å²) in [5.41, 5.74) is 8.99. The Kier molecular flexibility index (Phi) is 5.44. The van der Waals surface area contributed by atoms with Gasteiger partial charge in [0.25, 0.3) is 5.00 Å². The van der Waals surface area contributed by atoms with Gasteiger partial charge < -0.3 is 15.5 Å². The Bertz CT molecular complexity index is 1350. The number of rotatable bonds is 5. The summed E-state index contributed by atoms with van der Waals surface area (Å²) in [5, 5.41) is 5.98. The van der Waals surface area contributed by atoms with Crippen LogP contribution in [-0.2, 0) is 6.42 Å². The molecular formula is C23H23FN8S. The third kappa shape index (κ3) is 3.79. The van der Waals surface area contributed by atoms with E-state index < -0.39 is 0 Å². The van der Waals surface area contributed by atoms with Crippen LogP contribution in [0.4, 0.5) is 26.2 Å². The van der Waals surface area contributed by atoms with Crippen molar-refractivity contribution >= 4 is 38.8 Å². The lowest BCUT2D eigenvalue weighted by atomic mass is 10.1. The highest BCUT2D eigenvalue weighted by Gasteiger charge is 2.25. The van der Waals surface area contributed by atoms with Crippen molar-refractivity contribution < 1.29 is 4.39 Å². The molecule has 1 aliphatic heterocycles. The topological polar surface area (TPSA) is 79.9 Å². The van der Waals surface area contributed by atoms with Crippen molar-refractivity contribution in [2.75, 3.05) is 29.9 Å². The van der Waals surface area contributed by atoms with E-state index in [1.807, 2.05) is 28.6 Å². The molecule has 3 aromatic heterocycles. The largest absolute Gasteiger partial charge is 0.354 e. The van der Waals surface area contributed by atoms with E-state index in [4.69, 9.17) is 27.4 Å². The minimum Gasteiger partial charge on any atom is -0.354 e. The lowest BCUT2D eigenvalue weighted by molar-refractivity contribution is 0.628. The molecule has 4 aromatic rings. The quantitative estimate of drug-likeness (QED) is 0.443. The van der Waals surface area contributed by atoms with Crippen LogP contribution in [0, 0.1) is 12.4 Å². The minimum absolute atomic E-state index is 0.158. The summed E-state index contributed by atoms with van der Waals surface area (Å²) in [6, 6.07) is 10.1. The lowest BCUT2D eigenvalue weighted by Crippen LogP contribution is -2.27. The summed E-state index contributed by atoms with van der Waals surface area (Å²) < 4.78 is 15.2. The molecule has 1 saturated heterocycles. The Morgan fingerprint density at radius 3 is 2.70 bits per heavy atom. The van der Waals surface area contributed by atoms with Crippen LogP contribution < -0.4 is 15.5 Å². The zero-order valence-electron chi connectivity index (χ0n) is 18.4. The molecule has 1 aliphatic rings. The maximum atomic E-state index is 13.4. The van der Waals surface area contributed by atoms with Gasteiger partial charge in [-0.05, 0) is 42.7 Å². The van der Waals surface area contributed by atoms with Crippen molar-refractivity contribution in [1.82, 2.24) is 19.6 Å². The number of hydrogen-bond acceptors (Lipinski definition) is 7. The van der Waals surface area contributed by atoms with E-state index in [0.717, 1.165) is 48.9 Å². The lowest BCUT2D eigenvalue weighted by Gasteiger charge is -2.19. The molecule has 1 aromatic carbocycles. The van der Waals surface area contributed by atoms with Gasteiger partial charge in [0.2, 0.25) is 0 Å². The predicted octanol–water partition coefficient (Wildman–Crippen LogP) is 4.41. The summed E-state index contributed by atoms with van der Waals surface area (Å²) in [7, 11) is 1.91. The van der Waals surface area contributed by atoms with Crippen LogP contribution in [0.5, 0.6) is 0 Å². The van der Waals surface area contributed by atoms with E-state index in [1.54, 1.807) is 12.1 Å². The number of benzene rings is 1. The second kappa shape index (κ2) is 8.42. The second-order valence-corrected chi connectivity index (χ2v) is 8.98. The Labute approximate surface area is 194 Å². The minimum atomic E-state index is -0.324. The molecule has 1 fully saturated rings. The smallest absolute Gasteiger partial charge is 0.270 e. The molecule has 0 spiro atoms. The number of aryl methyl sites for hydroxylation is 1. The Balaban J connectivity index is 1.58. The zero-order valence-corrected chi connectivity index (χ0v) is 19.2. The average Bonchev–Trinajstić information content (AvgIpc) is 3.54. The molecule has 0 bridgehead atoms. The SMILES string of the molecule is [C-]#[N+]c1sc(N(C)c2c(CC)nc3ccc(N4CC[C@H](N)C4)nn23)nc1-c1ccc(F)cc1. The van der Waals surface area contributed by atoms with Crippen molar-refractivity contribution in [3.63, 3.8) is 0 Å². The van der Waals surface area contributed by atoms with E-state index in [0.29, 0.717) is 21.4 Å². The molecular weight excluding hydrogens is 439 g/mol. The van der Waals surface area contributed by atoms with Crippen LogP contribution in [-0.4, -0.2) is 45.8 Å². The second-order valence-electron chi connectivity index (χ2n) is 8.02. The maximum Gasteiger partial charge on any atom is 0.270 e. The van der Waals surface area contributed by atoms with Gasteiger partial charge in [-0.3, -0.25) is 0 Å². The van der Waals surface area contributed by atoms with Crippen LogP contribution in [0.15, 0.2) is 36.4 Å². The molecule has 2 N–H and O–H groups in total. The third-order valence-corrected chi connectivity index (χ3v) is 6.84. The van der Waals surface area contributed by atoms with Gasteiger partial charge in [-0.1, -0.05) is 19.1 Å².